The lowest BCUT2D eigenvalue weighted by Crippen LogP contribution is -2.22. The number of aryl methyl sites for hydroxylation is 2. The van der Waals surface area contributed by atoms with Gasteiger partial charge in [-0.1, -0.05) is 37.6 Å². The number of hydrogen-bond acceptors (Lipinski definition) is 2. The Morgan fingerprint density at radius 1 is 1.11 bits per heavy atom. The van der Waals surface area contributed by atoms with Crippen molar-refractivity contribution in [3.63, 3.8) is 0 Å². The maximum Gasteiger partial charge on any atom is 0.0378 e. The Balaban J connectivity index is 2.39. The smallest absolute Gasteiger partial charge is 0.0378 e. The molecule has 0 saturated heterocycles. The number of benzene rings is 1. The van der Waals surface area contributed by atoms with E-state index in [1.165, 1.54) is 22.3 Å². The van der Waals surface area contributed by atoms with Gasteiger partial charge in [0.05, 0.1) is 0 Å². The van der Waals surface area contributed by atoms with Crippen LogP contribution in [0.1, 0.15) is 30.7 Å². The van der Waals surface area contributed by atoms with Gasteiger partial charge in [-0.05, 0) is 42.7 Å². The van der Waals surface area contributed by atoms with Crippen LogP contribution in [0.4, 0.5) is 0 Å². The average Bonchev–Trinajstić information content (AvgIpc) is 2.37. The van der Waals surface area contributed by atoms with Gasteiger partial charge in [0, 0.05) is 24.5 Å². The molecule has 0 aliphatic carbocycles. The third-order valence-electron chi connectivity index (χ3n) is 3.17. The first-order valence-electron chi connectivity index (χ1n) is 6.82. The number of rotatable bonds is 4. The summed E-state index contributed by atoms with van der Waals surface area (Å²) in [7, 11) is 0. The van der Waals surface area contributed by atoms with Gasteiger partial charge in [0.25, 0.3) is 0 Å². The summed E-state index contributed by atoms with van der Waals surface area (Å²) < 4.78 is 0. The summed E-state index contributed by atoms with van der Waals surface area (Å²) in [6.45, 7) is 9.41. The van der Waals surface area contributed by atoms with E-state index in [2.05, 4.69) is 61.4 Å². The van der Waals surface area contributed by atoms with E-state index in [1.807, 2.05) is 13.1 Å². The maximum absolute atomic E-state index is 4.28. The minimum Gasteiger partial charge on any atom is -0.310 e. The van der Waals surface area contributed by atoms with E-state index >= 15 is 0 Å². The molecule has 0 aliphatic heterocycles. The molecule has 1 aromatic heterocycles. The molecule has 0 radical (unpaired) electrons. The van der Waals surface area contributed by atoms with Gasteiger partial charge in [-0.2, -0.15) is 0 Å². The monoisotopic (exact) mass is 254 g/mol. The van der Waals surface area contributed by atoms with Gasteiger partial charge in [-0.3, -0.25) is 4.98 Å². The topological polar surface area (TPSA) is 24.9 Å². The van der Waals surface area contributed by atoms with E-state index in [0.717, 1.165) is 12.2 Å². The third kappa shape index (κ3) is 3.65. The molecule has 2 heteroatoms. The highest BCUT2D eigenvalue weighted by atomic mass is 14.9. The van der Waals surface area contributed by atoms with Gasteiger partial charge >= 0.3 is 0 Å². The van der Waals surface area contributed by atoms with E-state index in [9.17, 15) is 0 Å². The Labute approximate surface area is 115 Å². The second kappa shape index (κ2) is 5.98. The van der Waals surface area contributed by atoms with Gasteiger partial charge in [-0.15, -0.1) is 0 Å². The molecular weight excluding hydrogens is 232 g/mol. The lowest BCUT2D eigenvalue weighted by Gasteiger charge is -2.14. The zero-order valence-electron chi connectivity index (χ0n) is 12.2. The largest absolute Gasteiger partial charge is 0.310 e. The minimum absolute atomic E-state index is 0.494. The first-order chi connectivity index (χ1) is 9.06. The molecule has 0 atom stereocenters. The fraction of sp³-hybridized carbons (Fsp3) is 0.353. The third-order valence-corrected chi connectivity index (χ3v) is 3.17. The van der Waals surface area contributed by atoms with Gasteiger partial charge in [0.1, 0.15) is 0 Å². The SMILES string of the molecule is Cc1ccc(CNC(C)C)c(-c2ccnc(C)c2)c1. The highest BCUT2D eigenvalue weighted by molar-refractivity contribution is 5.68. The van der Waals surface area contributed by atoms with E-state index < -0.39 is 0 Å². The normalized spacial score (nSPS) is 11.0. The quantitative estimate of drug-likeness (QED) is 0.896. The maximum atomic E-state index is 4.28. The molecular formula is C17H22N2. The summed E-state index contributed by atoms with van der Waals surface area (Å²) in [5.74, 6) is 0. The molecule has 1 aromatic carbocycles. The predicted octanol–water partition coefficient (Wildman–Crippen LogP) is 3.86. The van der Waals surface area contributed by atoms with Crippen molar-refractivity contribution >= 4 is 0 Å². The molecule has 0 fully saturated rings. The number of nitrogens with zero attached hydrogens (tertiary/aromatic N) is 1. The van der Waals surface area contributed by atoms with Crippen molar-refractivity contribution in [2.75, 3.05) is 0 Å². The summed E-state index contributed by atoms with van der Waals surface area (Å²) in [6.07, 6.45) is 1.88. The van der Waals surface area contributed by atoms with E-state index in [0.29, 0.717) is 6.04 Å². The molecule has 0 amide bonds. The van der Waals surface area contributed by atoms with Crippen molar-refractivity contribution in [2.24, 2.45) is 0 Å². The van der Waals surface area contributed by atoms with Crippen LogP contribution in [0.5, 0.6) is 0 Å². The molecule has 1 N–H and O–H groups in total. The van der Waals surface area contributed by atoms with Crippen LogP contribution in [0, 0.1) is 13.8 Å². The molecule has 0 saturated carbocycles. The molecule has 0 spiro atoms. The fourth-order valence-electron chi connectivity index (χ4n) is 2.14. The Morgan fingerprint density at radius 3 is 2.58 bits per heavy atom. The molecule has 0 unspecified atom stereocenters. The Morgan fingerprint density at radius 2 is 1.89 bits per heavy atom. The molecule has 19 heavy (non-hydrogen) atoms. The highest BCUT2D eigenvalue weighted by Gasteiger charge is 2.06. The molecule has 0 aliphatic rings. The number of aromatic nitrogens is 1. The van der Waals surface area contributed by atoms with Crippen LogP contribution in [0.2, 0.25) is 0 Å². The zero-order valence-corrected chi connectivity index (χ0v) is 12.2. The van der Waals surface area contributed by atoms with Crippen LogP contribution in [0.25, 0.3) is 11.1 Å². The van der Waals surface area contributed by atoms with Gasteiger partial charge in [0.15, 0.2) is 0 Å². The average molecular weight is 254 g/mol. The second-order valence-corrected chi connectivity index (χ2v) is 5.38. The Kier molecular flexibility index (Phi) is 4.33. The van der Waals surface area contributed by atoms with Crippen LogP contribution < -0.4 is 5.32 Å². The summed E-state index contributed by atoms with van der Waals surface area (Å²) in [5.41, 5.74) is 6.24. The molecule has 2 nitrogen and oxygen atoms in total. The summed E-state index contributed by atoms with van der Waals surface area (Å²) in [6, 6.07) is 11.4. The molecule has 1 heterocycles. The molecule has 2 rings (SSSR count). The van der Waals surface area contributed by atoms with Crippen LogP contribution in [-0.4, -0.2) is 11.0 Å². The van der Waals surface area contributed by atoms with E-state index in [-0.39, 0.29) is 0 Å². The molecule has 2 aromatic rings. The van der Waals surface area contributed by atoms with Crippen LogP contribution in [-0.2, 0) is 6.54 Å². The lowest BCUT2D eigenvalue weighted by atomic mass is 9.97. The van der Waals surface area contributed by atoms with Gasteiger partial charge < -0.3 is 5.32 Å². The summed E-state index contributed by atoms with van der Waals surface area (Å²) in [5, 5.41) is 3.49. The second-order valence-electron chi connectivity index (χ2n) is 5.38. The predicted molar refractivity (Wildman–Crippen MR) is 81.1 cm³/mol. The number of pyridine rings is 1. The van der Waals surface area contributed by atoms with Crippen molar-refractivity contribution in [1.29, 1.82) is 0 Å². The standard InChI is InChI=1S/C17H22N2/c1-12(2)19-11-16-6-5-13(3)9-17(16)15-7-8-18-14(4)10-15/h5-10,12,19H,11H2,1-4H3. The minimum atomic E-state index is 0.494. The van der Waals surface area contributed by atoms with Crippen LogP contribution >= 0.6 is 0 Å². The van der Waals surface area contributed by atoms with Crippen molar-refractivity contribution in [3.8, 4) is 11.1 Å². The Bertz CT molecular complexity index is 559. The Hall–Kier alpha value is -1.67. The number of hydrogen-bond donors (Lipinski definition) is 1. The van der Waals surface area contributed by atoms with Crippen molar-refractivity contribution < 1.29 is 0 Å². The van der Waals surface area contributed by atoms with Crippen LogP contribution in [0.15, 0.2) is 36.5 Å². The van der Waals surface area contributed by atoms with Gasteiger partial charge in [-0.25, -0.2) is 0 Å². The number of nitrogens with one attached hydrogen (secondary N) is 1. The fourth-order valence-corrected chi connectivity index (χ4v) is 2.14. The lowest BCUT2D eigenvalue weighted by molar-refractivity contribution is 0.589. The van der Waals surface area contributed by atoms with Crippen molar-refractivity contribution in [2.45, 2.75) is 40.3 Å². The first-order valence-corrected chi connectivity index (χ1v) is 6.82. The zero-order chi connectivity index (χ0) is 13.8. The van der Waals surface area contributed by atoms with E-state index in [1.54, 1.807) is 0 Å². The summed E-state index contributed by atoms with van der Waals surface area (Å²) >= 11 is 0. The van der Waals surface area contributed by atoms with Crippen LogP contribution in [0.3, 0.4) is 0 Å². The van der Waals surface area contributed by atoms with Gasteiger partial charge in [0.2, 0.25) is 0 Å². The van der Waals surface area contributed by atoms with E-state index in [4.69, 9.17) is 0 Å². The first kappa shape index (κ1) is 13.8. The highest BCUT2D eigenvalue weighted by Crippen LogP contribution is 2.25. The summed E-state index contributed by atoms with van der Waals surface area (Å²) in [4.78, 5) is 4.28. The molecule has 100 valence electrons. The van der Waals surface area contributed by atoms with Crippen molar-refractivity contribution in [1.82, 2.24) is 10.3 Å². The molecule has 0 bridgehead atoms. The van der Waals surface area contributed by atoms with Crippen molar-refractivity contribution in [3.05, 3.63) is 53.3 Å².